The van der Waals surface area contributed by atoms with Crippen LogP contribution in [0.2, 0.25) is 0 Å². The van der Waals surface area contributed by atoms with Gasteiger partial charge in [-0.25, -0.2) is 0 Å². The molecule has 0 saturated heterocycles. The lowest BCUT2D eigenvalue weighted by molar-refractivity contribution is 0.316. The van der Waals surface area contributed by atoms with Crippen LogP contribution in [-0.4, -0.2) is 22.3 Å². The van der Waals surface area contributed by atoms with Crippen LogP contribution < -0.4 is 0 Å². The van der Waals surface area contributed by atoms with Crippen LogP contribution in [0.5, 0.6) is 0 Å². The van der Waals surface area contributed by atoms with Crippen molar-refractivity contribution in [3.05, 3.63) is 0 Å². The second-order valence-corrected chi connectivity index (χ2v) is 5.51. The Bertz CT molecular complexity index is 183. The minimum Gasteiger partial charge on any atom is -0.411 e. The summed E-state index contributed by atoms with van der Waals surface area (Å²) in [5, 5.41) is 0. The van der Waals surface area contributed by atoms with Crippen LogP contribution >= 0.6 is 12.2 Å². The second-order valence-electron chi connectivity index (χ2n) is 4.48. The fourth-order valence-electron chi connectivity index (χ4n) is 1.84. The number of hydrogen-bond acceptors (Lipinski definition) is 2. The van der Waals surface area contributed by atoms with E-state index in [1.54, 1.807) is 0 Å². The topological polar surface area (TPSA) is 3.24 Å². The normalized spacial score (nSPS) is 12.4. The van der Waals surface area contributed by atoms with Crippen LogP contribution in [0.1, 0.15) is 59.3 Å². The average Bonchev–Trinajstić information content (AvgIpc) is 2.28. The third-order valence-corrected chi connectivity index (χ3v) is 3.58. The van der Waals surface area contributed by atoms with Gasteiger partial charge < -0.3 is 29.7 Å². The first-order valence-electron chi connectivity index (χ1n) is 6.61. The fraction of sp³-hybridized carbons (Fsp3) is 0.923. The minimum atomic E-state index is 0.656. The predicted octanol–water partition coefficient (Wildman–Crippen LogP) is 4.14. The zero-order valence-electron chi connectivity index (χ0n) is 11.0. The van der Waals surface area contributed by atoms with E-state index in [9.17, 15) is 0 Å². The SMILES string of the molecule is CCCCC(CC)CN(CCCC)C(=S)[S-]. The molecule has 1 nitrogen and oxygen atoms in total. The zero-order valence-corrected chi connectivity index (χ0v) is 12.6. The van der Waals surface area contributed by atoms with Crippen molar-refractivity contribution in [2.24, 2.45) is 5.92 Å². The Labute approximate surface area is 112 Å². The van der Waals surface area contributed by atoms with Crippen LogP contribution in [0.3, 0.4) is 0 Å². The lowest BCUT2D eigenvalue weighted by Gasteiger charge is -2.32. The third-order valence-electron chi connectivity index (χ3n) is 3.06. The van der Waals surface area contributed by atoms with Crippen molar-refractivity contribution in [2.75, 3.05) is 13.1 Å². The van der Waals surface area contributed by atoms with E-state index in [4.69, 9.17) is 24.8 Å². The largest absolute Gasteiger partial charge is 0.411 e. The van der Waals surface area contributed by atoms with Gasteiger partial charge in [0.1, 0.15) is 0 Å². The van der Waals surface area contributed by atoms with Crippen molar-refractivity contribution in [1.29, 1.82) is 0 Å². The molecule has 16 heavy (non-hydrogen) atoms. The lowest BCUT2D eigenvalue weighted by Crippen LogP contribution is -2.33. The van der Waals surface area contributed by atoms with E-state index in [1.165, 1.54) is 38.5 Å². The van der Waals surface area contributed by atoms with Crippen molar-refractivity contribution in [3.63, 3.8) is 0 Å². The Morgan fingerprint density at radius 1 is 1.19 bits per heavy atom. The highest BCUT2D eigenvalue weighted by Gasteiger charge is 2.10. The number of thiocarbonyl (C=S) groups is 1. The molecule has 0 saturated carbocycles. The summed E-state index contributed by atoms with van der Waals surface area (Å²) in [4.78, 5) is 2.22. The van der Waals surface area contributed by atoms with E-state index in [2.05, 4.69) is 25.7 Å². The van der Waals surface area contributed by atoms with Crippen LogP contribution in [0.15, 0.2) is 0 Å². The van der Waals surface area contributed by atoms with Gasteiger partial charge in [-0.3, -0.25) is 0 Å². The van der Waals surface area contributed by atoms with Gasteiger partial charge in [-0.15, -0.1) is 0 Å². The maximum absolute atomic E-state index is 5.15. The Hall–Kier alpha value is 0.110. The molecular formula is C13H26NS2-. The smallest absolute Gasteiger partial charge is 0.0190 e. The summed E-state index contributed by atoms with van der Waals surface area (Å²) in [6.45, 7) is 8.84. The Balaban J connectivity index is 4.06. The molecule has 0 aliphatic carbocycles. The maximum Gasteiger partial charge on any atom is 0.0190 e. The highest BCUT2D eigenvalue weighted by molar-refractivity contribution is 8.00. The first-order chi connectivity index (χ1) is 7.65. The molecule has 1 atom stereocenters. The molecule has 0 aromatic carbocycles. The number of unbranched alkanes of at least 4 members (excludes halogenated alkanes) is 2. The standard InChI is InChI=1S/C13H27NS2/c1-4-7-9-12(6-3)11-14(13(15)16)10-8-5-2/h12H,4-11H2,1-3H3,(H,15,16)/p-1. The molecular weight excluding hydrogens is 234 g/mol. The molecule has 0 aromatic heterocycles. The summed E-state index contributed by atoms with van der Waals surface area (Å²) in [5.74, 6) is 0.762. The molecule has 0 heterocycles. The fourth-order valence-corrected chi connectivity index (χ4v) is 2.17. The van der Waals surface area contributed by atoms with Crippen LogP contribution in [-0.2, 0) is 12.6 Å². The minimum absolute atomic E-state index is 0.656. The third kappa shape index (κ3) is 7.39. The summed E-state index contributed by atoms with van der Waals surface area (Å²) in [6.07, 6.45) is 7.56. The van der Waals surface area contributed by atoms with Gasteiger partial charge >= 0.3 is 0 Å². The molecule has 0 aromatic rings. The van der Waals surface area contributed by atoms with Crippen molar-refractivity contribution in [1.82, 2.24) is 4.90 Å². The lowest BCUT2D eigenvalue weighted by atomic mass is 9.99. The van der Waals surface area contributed by atoms with E-state index in [1.807, 2.05) is 0 Å². The highest BCUT2D eigenvalue weighted by Crippen LogP contribution is 2.15. The van der Waals surface area contributed by atoms with E-state index in [-0.39, 0.29) is 0 Å². The molecule has 0 aliphatic rings. The van der Waals surface area contributed by atoms with E-state index in [0.717, 1.165) is 19.0 Å². The quantitative estimate of drug-likeness (QED) is 0.453. The summed E-state index contributed by atoms with van der Waals surface area (Å²) in [5.41, 5.74) is 0. The van der Waals surface area contributed by atoms with Crippen molar-refractivity contribution >= 4 is 29.2 Å². The molecule has 1 unspecified atom stereocenters. The molecule has 0 rings (SSSR count). The Kier molecular flexibility index (Phi) is 10.3. The van der Waals surface area contributed by atoms with Gasteiger partial charge in [0, 0.05) is 13.1 Å². The molecule has 96 valence electrons. The number of nitrogens with zero attached hydrogens (tertiary/aromatic N) is 1. The maximum atomic E-state index is 5.15. The zero-order chi connectivity index (χ0) is 12.4. The summed E-state index contributed by atoms with van der Waals surface area (Å²) in [6, 6.07) is 0. The number of hydrogen-bond donors (Lipinski definition) is 0. The van der Waals surface area contributed by atoms with Gasteiger partial charge in [0.25, 0.3) is 0 Å². The van der Waals surface area contributed by atoms with Crippen LogP contribution in [0, 0.1) is 5.92 Å². The first-order valence-corrected chi connectivity index (χ1v) is 7.43. The van der Waals surface area contributed by atoms with Crippen molar-refractivity contribution in [3.8, 4) is 0 Å². The molecule has 0 bridgehead atoms. The second kappa shape index (κ2) is 10.3. The van der Waals surface area contributed by atoms with Gasteiger partial charge in [-0.2, -0.15) is 0 Å². The molecule has 0 spiro atoms. The first kappa shape index (κ1) is 16.1. The summed E-state index contributed by atoms with van der Waals surface area (Å²) in [7, 11) is 0. The van der Waals surface area contributed by atoms with Gasteiger partial charge in [0.15, 0.2) is 0 Å². The Morgan fingerprint density at radius 2 is 1.81 bits per heavy atom. The van der Waals surface area contributed by atoms with Crippen molar-refractivity contribution in [2.45, 2.75) is 59.3 Å². The summed E-state index contributed by atoms with van der Waals surface area (Å²) >= 11 is 10.3. The van der Waals surface area contributed by atoms with Crippen LogP contribution in [0.25, 0.3) is 0 Å². The molecule has 0 N–H and O–H groups in total. The van der Waals surface area contributed by atoms with E-state index >= 15 is 0 Å². The molecule has 3 heteroatoms. The molecule has 0 amide bonds. The van der Waals surface area contributed by atoms with E-state index in [0.29, 0.717) is 4.32 Å². The molecule has 0 fully saturated rings. The molecule has 0 radical (unpaired) electrons. The van der Waals surface area contributed by atoms with Gasteiger partial charge in [-0.1, -0.05) is 50.8 Å². The average molecular weight is 260 g/mol. The van der Waals surface area contributed by atoms with Crippen molar-refractivity contribution < 1.29 is 0 Å². The van der Waals surface area contributed by atoms with E-state index < -0.39 is 0 Å². The van der Waals surface area contributed by atoms with Gasteiger partial charge in [-0.05, 0) is 18.8 Å². The summed E-state index contributed by atoms with van der Waals surface area (Å²) < 4.78 is 0.656. The molecule has 0 aliphatic heterocycles. The monoisotopic (exact) mass is 260 g/mol. The predicted molar refractivity (Wildman–Crippen MR) is 79.8 cm³/mol. The van der Waals surface area contributed by atoms with Crippen LogP contribution in [0.4, 0.5) is 0 Å². The van der Waals surface area contributed by atoms with Gasteiger partial charge in [0.05, 0.1) is 0 Å². The van der Waals surface area contributed by atoms with Gasteiger partial charge in [0.2, 0.25) is 0 Å². The number of rotatable bonds is 9. The Morgan fingerprint density at radius 3 is 2.25 bits per heavy atom. The highest BCUT2D eigenvalue weighted by atomic mass is 32.1.